The molecule has 3 aromatic rings. The SMILES string of the molecule is CCCCN1CCCOc2ccc(cc2)CNc2nc(nc(OCC(F)(F)F)n2)Nc2ccc(C(=O)NCC3(CN4CCCC4)CC3)c(c2)OCCC1. The van der Waals surface area contributed by atoms with Gasteiger partial charge in [-0.2, -0.15) is 28.1 Å². The third kappa shape index (κ3) is 12.1. The lowest BCUT2D eigenvalue weighted by Gasteiger charge is -2.24. The summed E-state index contributed by atoms with van der Waals surface area (Å²) in [6, 6.07) is 12.1. The van der Waals surface area contributed by atoms with Crippen LogP contribution in [0.1, 0.15) is 74.2 Å². The summed E-state index contributed by atoms with van der Waals surface area (Å²) < 4.78 is 56.4. The molecule has 15 heteroatoms. The summed E-state index contributed by atoms with van der Waals surface area (Å²) >= 11 is 0. The first-order chi connectivity index (χ1) is 25.6. The first-order valence-electron chi connectivity index (χ1n) is 18.8. The molecular weight excluding hydrogens is 689 g/mol. The molecule has 12 nitrogen and oxygen atoms in total. The average Bonchev–Trinajstić information content (AvgIpc) is 3.71. The van der Waals surface area contributed by atoms with Crippen LogP contribution in [0.5, 0.6) is 17.5 Å². The molecule has 7 rings (SSSR count). The Labute approximate surface area is 309 Å². The number of unbranched alkanes of at least 4 members (excludes halogenated alkanes) is 1. The maximum atomic E-state index is 13.7. The van der Waals surface area contributed by atoms with Crippen LogP contribution in [-0.4, -0.2) is 102 Å². The molecule has 4 heterocycles. The first-order valence-corrected chi connectivity index (χ1v) is 18.8. The number of fused-ring (bicyclic) bond motifs is 11. The number of halogens is 3. The number of alkyl halides is 3. The van der Waals surface area contributed by atoms with Gasteiger partial charge in [0.2, 0.25) is 11.9 Å². The van der Waals surface area contributed by atoms with Crippen LogP contribution in [0.4, 0.5) is 30.8 Å². The van der Waals surface area contributed by atoms with E-state index in [-0.39, 0.29) is 29.8 Å². The van der Waals surface area contributed by atoms with Crippen molar-refractivity contribution in [2.24, 2.45) is 5.41 Å². The maximum absolute atomic E-state index is 13.7. The van der Waals surface area contributed by atoms with Crippen molar-refractivity contribution in [1.82, 2.24) is 30.1 Å². The maximum Gasteiger partial charge on any atom is 0.422 e. The van der Waals surface area contributed by atoms with Gasteiger partial charge in [-0.05, 0) is 94.4 Å². The summed E-state index contributed by atoms with van der Waals surface area (Å²) in [5.74, 6) is 0.894. The molecule has 1 amide bonds. The van der Waals surface area contributed by atoms with E-state index in [1.54, 1.807) is 18.2 Å². The van der Waals surface area contributed by atoms with Crippen LogP contribution in [0.2, 0.25) is 0 Å². The molecule has 1 saturated carbocycles. The fourth-order valence-electron chi connectivity index (χ4n) is 6.63. The largest absolute Gasteiger partial charge is 0.494 e. The second-order valence-electron chi connectivity index (χ2n) is 14.3. The van der Waals surface area contributed by atoms with Crippen LogP contribution in [0.3, 0.4) is 0 Å². The molecule has 0 atom stereocenters. The quantitative estimate of drug-likeness (QED) is 0.213. The van der Waals surface area contributed by atoms with E-state index in [0.29, 0.717) is 36.8 Å². The van der Waals surface area contributed by atoms with Gasteiger partial charge in [0.05, 0.1) is 18.8 Å². The zero-order valence-corrected chi connectivity index (χ0v) is 30.5. The minimum atomic E-state index is -4.58. The highest BCUT2D eigenvalue weighted by Gasteiger charge is 2.44. The van der Waals surface area contributed by atoms with E-state index in [0.717, 1.165) is 89.1 Å². The van der Waals surface area contributed by atoms with Crippen LogP contribution < -0.4 is 30.2 Å². The lowest BCUT2D eigenvalue weighted by atomic mass is 10.1. The van der Waals surface area contributed by atoms with E-state index in [2.05, 4.69) is 47.6 Å². The number of hydrogen-bond donors (Lipinski definition) is 3. The number of aromatic nitrogens is 3. The van der Waals surface area contributed by atoms with Crippen molar-refractivity contribution < 1.29 is 32.2 Å². The number of likely N-dealkylation sites (tertiary alicyclic amines) is 1. The Morgan fingerprint density at radius 2 is 1.64 bits per heavy atom. The number of amides is 1. The standard InChI is InChI=1S/C38H51F3N8O4/c1-2-3-16-48-19-6-21-51-30-11-8-28(9-12-30)24-42-34-45-35(47-36(46-34)53-27-38(39,40)41)44-29-10-13-31(32(23-29)52-22-7-20-48)33(50)43-25-37(14-15-37)26-49-17-4-5-18-49/h8-13,23H,2-7,14-22,24-27H2,1H3,(H,43,50)(H2,42,44,45,46,47). The van der Waals surface area contributed by atoms with Crippen molar-refractivity contribution >= 4 is 23.5 Å². The lowest BCUT2D eigenvalue weighted by Crippen LogP contribution is -2.37. The molecule has 1 aliphatic carbocycles. The Morgan fingerprint density at radius 1 is 0.925 bits per heavy atom. The Hall–Kier alpha value is -4.37. The van der Waals surface area contributed by atoms with Crippen LogP contribution in [0.25, 0.3) is 0 Å². The molecule has 53 heavy (non-hydrogen) atoms. The average molecular weight is 741 g/mol. The molecule has 4 aliphatic rings. The molecule has 2 aromatic carbocycles. The molecule has 3 N–H and O–H groups in total. The summed E-state index contributed by atoms with van der Waals surface area (Å²) in [6.45, 7) is 8.41. The summed E-state index contributed by atoms with van der Waals surface area (Å²) in [6.07, 6.45) is 3.87. The molecule has 288 valence electrons. The van der Waals surface area contributed by atoms with Gasteiger partial charge in [-0.25, -0.2) is 0 Å². The van der Waals surface area contributed by atoms with Crippen LogP contribution >= 0.6 is 0 Å². The van der Waals surface area contributed by atoms with Gasteiger partial charge in [0.25, 0.3) is 5.91 Å². The number of carbonyl (C=O) groups excluding carboxylic acids is 1. The molecule has 6 bridgehead atoms. The third-order valence-corrected chi connectivity index (χ3v) is 9.77. The highest BCUT2D eigenvalue weighted by Crippen LogP contribution is 2.46. The summed E-state index contributed by atoms with van der Waals surface area (Å²) in [5, 5.41) is 9.28. The van der Waals surface area contributed by atoms with E-state index >= 15 is 0 Å². The number of anilines is 3. The lowest BCUT2D eigenvalue weighted by molar-refractivity contribution is -0.154. The number of ether oxygens (including phenoxy) is 3. The molecule has 0 unspecified atom stereocenters. The summed E-state index contributed by atoms with van der Waals surface area (Å²) in [7, 11) is 0. The third-order valence-electron chi connectivity index (χ3n) is 9.77. The van der Waals surface area contributed by atoms with Gasteiger partial charge in [0.1, 0.15) is 11.5 Å². The Kier molecular flexibility index (Phi) is 13.1. The zero-order chi connectivity index (χ0) is 37.1. The molecule has 0 spiro atoms. The van der Waals surface area contributed by atoms with Crippen LogP contribution in [0.15, 0.2) is 42.5 Å². The van der Waals surface area contributed by atoms with Gasteiger partial charge in [-0.15, -0.1) is 0 Å². The van der Waals surface area contributed by atoms with Gasteiger partial charge >= 0.3 is 12.2 Å². The molecule has 0 radical (unpaired) electrons. The van der Waals surface area contributed by atoms with E-state index in [9.17, 15) is 18.0 Å². The molecule has 3 aliphatic heterocycles. The number of nitrogens with one attached hydrogen (secondary N) is 3. The monoisotopic (exact) mass is 740 g/mol. The van der Waals surface area contributed by atoms with E-state index in [1.807, 2.05) is 24.3 Å². The van der Waals surface area contributed by atoms with Gasteiger partial charge in [0, 0.05) is 49.9 Å². The van der Waals surface area contributed by atoms with Crippen molar-refractivity contribution in [1.29, 1.82) is 0 Å². The highest BCUT2D eigenvalue weighted by molar-refractivity contribution is 5.97. The fraction of sp³-hybridized carbons (Fsp3) is 0.579. The van der Waals surface area contributed by atoms with Gasteiger partial charge in [-0.1, -0.05) is 25.5 Å². The van der Waals surface area contributed by atoms with Gasteiger partial charge in [-0.3, -0.25) is 4.79 Å². The first kappa shape index (κ1) is 38.4. The number of benzene rings is 2. The number of rotatable bonds is 10. The van der Waals surface area contributed by atoms with Crippen molar-refractivity contribution in [3.63, 3.8) is 0 Å². The topological polar surface area (TPSA) is 126 Å². The number of hydrogen-bond acceptors (Lipinski definition) is 11. The molecular formula is C38H51F3N8O4. The highest BCUT2D eigenvalue weighted by atomic mass is 19.4. The van der Waals surface area contributed by atoms with Crippen LogP contribution in [0, 0.1) is 5.41 Å². The summed E-state index contributed by atoms with van der Waals surface area (Å²) in [5.41, 5.74) is 1.89. The number of carbonyl (C=O) groups is 1. The Morgan fingerprint density at radius 3 is 2.36 bits per heavy atom. The smallest absolute Gasteiger partial charge is 0.422 e. The second-order valence-corrected chi connectivity index (χ2v) is 14.3. The van der Waals surface area contributed by atoms with Crippen LogP contribution in [-0.2, 0) is 6.54 Å². The Balaban J connectivity index is 1.23. The van der Waals surface area contributed by atoms with Crippen molar-refractivity contribution in [3.8, 4) is 17.5 Å². The van der Waals surface area contributed by atoms with Crippen molar-refractivity contribution in [3.05, 3.63) is 53.6 Å². The van der Waals surface area contributed by atoms with Crippen molar-refractivity contribution in [2.45, 2.75) is 71.0 Å². The minimum absolute atomic E-state index is 0.0187. The Bertz CT molecular complexity index is 1630. The molecule has 1 aromatic heterocycles. The normalized spacial score (nSPS) is 18.3. The van der Waals surface area contributed by atoms with Gasteiger partial charge in [0.15, 0.2) is 6.61 Å². The van der Waals surface area contributed by atoms with E-state index in [4.69, 9.17) is 14.2 Å². The predicted octanol–water partition coefficient (Wildman–Crippen LogP) is 6.43. The number of nitrogens with zero attached hydrogens (tertiary/aromatic N) is 5. The fourth-order valence-corrected chi connectivity index (χ4v) is 6.63. The summed E-state index contributed by atoms with van der Waals surface area (Å²) in [4.78, 5) is 31.1. The molecule has 2 fully saturated rings. The van der Waals surface area contributed by atoms with E-state index in [1.165, 1.54) is 12.8 Å². The zero-order valence-electron chi connectivity index (χ0n) is 30.5. The van der Waals surface area contributed by atoms with Gasteiger partial charge < -0.3 is 40.0 Å². The minimum Gasteiger partial charge on any atom is -0.494 e. The van der Waals surface area contributed by atoms with Crippen molar-refractivity contribution in [2.75, 3.05) is 76.3 Å². The van der Waals surface area contributed by atoms with E-state index < -0.39 is 18.8 Å². The second kappa shape index (κ2) is 18.1. The molecule has 1 saturated heterocycles. The predicted molar refractivity (Wildman–Crippen MR) is 196 cm³/mol.